The first kappa shape index (κ1) is 13.8. The van der Waals surface area contributed by atoms with Gasteiger partial charge < -0.3 is 15.5 Å². The highest BCUT2D eigenvalue weighted by atomic mass is 16.5. The maximum atomic E-state index is 12.2. The number of nitrogens with two attached hydrogens (primary N) is 1. The predicted octanol–water partition coefficient (Wildman–Crippen LogP) is 1.58. The van der Waals surface area contributed by atoms with Crippen molar-refractivity contribution in [3.8, 4) is 0 Å². The number of anilines is 1. The predicted molar refractivity (Wildman–Crippen MR) is 74.9 cm³/mol. The molecule has 1 amide bonds. The van der Waals surface area contributed by atoms with Crippen molar-refractivity contribution in [3.05, 3.63) is 29.3 Å². The number of hydrazine groups is 1. The number of rotatable bonds is 5. The quantitative estimate of drug-likeness (QED) is 0.557. The van der Waals surface area contributed by atoms with Crippen LogP contribution in [0.3, 0.4) is 0 Å². The molecular weight excluding hydrogens is 242 g/mol. The van der Waals surface area contributed by atoms with Crippen molar-refractivity contribution >= 4 is 11.6 Å². The first-order chi connectivity index (χ1) is 9.13. The molecular formula is C14H21N3O2. The molecule has 1 aromatic carbocycles. The fraction of sp³-hybridized carbons (Fsp3) is 0.500. The van der Waals surface area contributed by atoms with Gasteiger partial charge in [0.1, 0.15) is 0 Å². The van der Waals surface area contributed by atoms with Gasteiger partial charge in [-0.25, -0.2) is 0 Å². The first-order valence-electron chi connectivity index (χ1n) is 6.63. The second-order valence-corrected chi connectivity index (χ2v) is 4.91. The van der Waals surface area contributed by atoms with Crippen molar-refractivity contribution in [2.75, 3.05) is 12.0 Å². The number of amides is 1. The number of carbonyl (C=O) groups is 1. The zero-order valence-corrected chi connectivity index (χ0v) is 11.4. The Morgan fingerprint density at radius 3 is 2.84 bits per heavy atom. The van der Waals surface area contributed by atoms with Crippen LogP contribution in [-0.2, 0) is 4.74 Å². The number of aryl methyl sites for hydroxylation is 1. The molecule has 0 unspecified atom stereocenters. The number of hydrogen-bond acceptors (Lipinski definition) is 4. The first-order valence-corrected chi connectivity index (χ1v) is 6.63. The zero-order valence-electron chi connectivity index (χ0n) is 11.4. The third kappa shape index (κ3) is 3.24. The molecule has 1 saturated carbocycles. The molecule has 104 valence electrons. The molecule has 0 aliphatic heterocycles. The second-order valence-electron chi connectivity index (χ2n) is 4.91. The zero-order chi connectivity index (χ0) is 13.8. The monoisotopic (exact) mass is 263 g/mol. The van der Waals surface area contributed by atoms with Gasteiger partial charge in [-0.2, -0.15) is 0 Å². The average Bonchev–Trinajstić information content (AvgIpc) is 2.36. The van der Waals surface area contributed by atoms with Gasteiger partial charge in [0.15, 0.2) is 0 Å². The van der Waals surface area contributed by atoms with Crippen molar-refractivity contribution in [1.29, 1.82) is 0 Å². The molecule has 19 heavy (non-hydrogen) atoms. The Bertz CT molecular complexity index is 456. The van der Waals surface area contributed by atoms with Gasteiger partial charge >= 0.3 is 0 Å². The van der Waals surface area contributed by atoms with E-state index >= 15 is 0 Å². The highest BCUT2D eigenvalue weighted by Gasteiger charge is 2.31. The topological polar surface area (TPSA) is 76.4 Å². The Labute approximate surface area is 113 Å². The summed E-state index contributed by atoms with van der Waals surface area (Å²) in [4.78, 5) is 12.2. The summed E-state index contributed by atoms with van der Waals surface area (Å²) in [7, 11) is 0. The highest BCUT2D eigenvalue weighted by molar-refractivity contribution is 6.00. The lowest BCUT2D eigenvalue weighted by Crippen LogP contribution is -2.48. The molecule has 1 aliphatic carbocycles. The molecule has 4 N–H and O–H groups in total. The van der Waals surface area contributed by atoms with Crippen molar-refractivity contribution in [3.63, 3.8) is 0 Å². The summed E-state index contributed by atoms with van der Waals surface area (Å²) < 4.78 is 5.48. The number of hydrogen-bond donors (Lipinski definition) is 3. The van der Waals surface area contributed by atoms with Crippen LogP contribution >= 0.6 is 0 Å². The summed E-state index contributed by atoms with van der Waals surface area (Å²) in [5.74, 6) is 5.34. The van der Waals surface area contributed by atoms with Crippen molar-refractivity contribution in [2.24, 2.45) is 5.84 Å². The van der Waals surface area contributed by atoms with E-state index in [4.69, 9.17) is 10.6 Å². The van der Waals surface area contributed by atoms with E-state index in [0.29, 0.717) is 17.4 Å². The molecule has 2 rings (SSSR count). The normalized spacial score (nSPS) is 21.6. The Kier molecular flexibility index (Phi) is 4.39. The standard InChI is InChI=1S/C14H21N3O2/c1-3-19-11-7-10(8-11)16-14(18)12-6-9(2)4-5-13(12)17-15/h4-6,10-11,17H,3,7-8,15H2,1-2H3,(H,16,18). The summed E-state index contributed by atoms with van der Waals surface area (Å²) in [6.07, 6.45) is 2.06. The van der Waals surface area contributed by atoms with Crippen LogP contribution in [0.4, 0.5) is 5.69 Å². The largest absolute Gasteiger partial charge is 0.378 e. The highest BCUT2D eigenvalue weighted by Crippen LogP contribution is 2.24. The van der Waals surface area contributed by atoms with E-state index in [2.05, 4.69) is 10.7 Å². The molecule has 0 radical (unpaired) electrons. The van der Waals surface area contributed by atoms with E-state index in [1.807, 2.05) is 32.0 Å². The maximum absolute atomic E-state index is 12.2. The van der Waals surface area contributed by atoms with Crippen LogP contribution in [-0.4, -0.2) is 24.7 Å². The fourth-order valence-electron chi connectivity index (χ4n) is 2.29. The minimum Gasteiger partial charge on any atom is -0.378 e. The second kappa shape index (κ2) is 6.04. The van der Waals surface area contributed by atoms with Crippen LogP contribution in [0.25, 0.3) is 0 Å². The van der Waals surface area contributed by atoms with Gasteiger partial charge in [0.05, 0.1) is 17.4 Å². The summed E-state index contributed by atoms with van der Waals surface area (Å²) in [5.41, 5.74) is 4.82. The van der Waals surface area contributed by atoms with Crippen molar-refractivity contribution < 1.29 is 9.53 Å². The van der Waals surface area contributed by atoms with Gasteiger partial charge in [0, 0.05) is 12.6 Å². The van der Waals surface area contributed by atoms with E-state index in [1.165, 1.54) is 0 Å². The summed E-state index contributed by atoms with van der Waals surface area (Å²) in [6.45, 7) is 4.66. The van der Waals surface area contributed by atoms with E-state index < -0.39 is 0 Å². The molecule has 1 aromatic rings. The summed E-state index contributed by atoms with van der Waals surface area (Å²) in [5, 5.41) is 3.01. The Hall–Kier alpha value is -1.59. The van der Waals surface area contributed by atoms with E-state index in [1.54, 1.807) is 0 Å². The number of ether oxygens (including phenoxy) is 1. The van der Waals surface area contributed by atoms with Crippen LogP contribution in [0.5, 0.6) is 0 Å². The lowest BCUT2D eigenvalue weighted by Gasteiger charge is -2.35. The van der Waals surface area contributed by atoms with Crippen LogP contribution in [0, 0.1) is 6.92 Å². The Morgan fingerprint density at radius 2 is 2.21 bits per heavy atom. The third-order valence-corrected chi connectivity index (χ3v) is 3.41. The molecule has 1 fully saturated rings. The molecule has 0 spiro atoms. The van der Waals surface area contributed by atoms with Gasteiger partial charge in [-0.3, -0.25) is 10.6 Å². The van der Waals surface area contributed by atoms with Gasteiger partial charge in [0.2, 0.25) is 0 Å². The van der Waals surface area contributed by atoms with E-state index in [0.717, 1.165) is 25.0 Å². The van der Waals surface area contributed by atoms with Gasteiger partial charge in [-0.1, -0.05) is 11.6 Å². The van der Waals surface area contributed by atoms with Crippen LogP contribution < -0.4 is 16.6 Å². The SMILES string of the molecule is CCOC1CC(NC(=O)c2cc(C)ccc2NN)C1. The minimum atomic E-state index is -0.0865. The van der Waals surface area contributed by atoms with Gasteiger partial charge in [0.25, 0.3) is 5.91 Å². The van der Waals surface area contributed by atoms with Crippen LogP contribution in [0.1, 0.15) is 35.7 Å². The summed E-state index contributed by atoms with van der Waals surface area (Å²) in [6, 6.07) is 5.77. The summed E-state index contributed by atoms with van der Waals surface area (Å²) >= 11 is 0. The number of nitrogen functional groups attached to an aromatic ring is 1. The van der Waals surface area contributed by atoms with Crippen LogP contribution in [0.2, 0.25) is 0 Å². The van der Waals surface area contributed by atoms with Gasteiger partial charge in [-0.15, -0.1) is 0 Å². The molecule has 0 atom stereocenters. The molecule has 0 heterocycles. The van der Waals surface area contributed by atoms with E-state index in [9.17, 15) is 4.79 Å². The maximum Gasteiger partial charge on any atom is 0.253 e. The number of benzene rings is 1. The Balaban J connectivity index is 1.95. The molecule has 1 aliphatic rings. The average molecular weight is 263 g/mol. The molecule has 0 bridgehead atoms. The smallest absolute Gasteiger partial charge is 0.253 e. The Morgan fingerprint density at radius 1 is 1.47 bits per heavy atom. The van der Waals surface area contributed by atoms with Crippen molar-refractivity contribution in [2.45, 2.75) is 38.8 Å². The van der Waals surface area contributed by atoms with E-state index in [-0.39, 0.29) is 11.9 Å². The lowest BCUT2D eigenvalue weighted by molar-refractivity contribution is -0.00861. The van der Waals surface area contributed by atoms with Crippen molar-refractivity contribution in [1.82, 2.24) is 5.32 Å². The number of carbonyl (C=O) groups excluding carboxylic acids is 1. The molecule has 0 aromatic heterocycles. The van der Waals surface area contributed by atoms with Gasteiger partial charge in [-0.05, 0) is 38.8 Å². The minimum absolute atomic E-state index is 0.0865. The number of nitrogens with one attached hydrogen (secondary N) is 2. The molecule has 5 heteroatoms. The third-order valence-electron chi connectivity index (χ3n) is 3.41. The van der Waals surface area contributed by atoms with Crippen LogP contribution in [0.15, 0.2) is 18.2 Å². The lowest BCUT2D eigenvalue weighted by atomic mass is 9.89. The molecule has 0 saturated heterocycles. The molecule has 5 nitrogen and oxygen atoms in total. The fourth-order valence-corrected chi connectivity index (χ4v) is 2.29.